The highest BCUT2D eigenvalue weighted by molar-refractivity contribution is 7.90. The van der Waals surface area contributed by atoms with Gasteiger partial charge in [0.15, 0.2) is 0 Å². The smallest absolute Gasteiger partial charge is 0.226 e. The molecule has 0 spiro atoms. The first kappa shape index (κ1) is 11.2. The number of hydrogen-bond acceptors (Lipinski definition) is 3. The lowest BCUT2D eigenvalue weighted by Gasteiger charge is -2.22. The van der Waals surface area contributed by atoms with Crippen molar-refractivity contribution < 1.29 is 13.5 Å². The fourth-order valence-corrected chi connectivity index (χ4v) is 1.61. The van der Waals surface area contributed by atoms with Crippen LogP contribution in [0.1, 0.15) is 13.8 Å². The minimum atomic E-state index is -3.43. The van der Waals surface area contributed by atoms with Gasteiger partial charge < -0.3 is 5.11 Å². The summed E-state index contributed by atoms with van der Waals surface area (Å²) in [4.78, 5) is 0. The Morgan fingerprint density at radius 2 is 2.00 bits per heavy atom. The molecular weight excluding hydrogens is 190 g/mol. The molecule has 0 saturated heterocycles. The highest BCUT2D eigenvalue weighted by Gasteiger charge is 2.22. The largest absolute Gasteiger partial charge is 0.394 e. The lowest BCUT2D eigenvalue weighted by atomic mass is 10.1. The van der Waals surface area contributed by atoms with Crippen LogP contribution in [0.3, 0.4) is 0 Å². The molecule has 68 valence electrons. The summed E-state index contributed by atoms with van der Waals surface area (Å²) in [6.45, 7) is 2.87. The summed E-state index contributed by atoms with van der Waals surface area (Å²) in [6, 6.07) is 0. The second-order valence-corrected chi connectivity index (χ2v) is 5.17. The van der Waals surface area contributed by atoms with E-state index in [1.807, 2.05) is 0 Å². The number of alkyl halides is 1. The molecule has 0 aliphatic heterocycles. The molecule has 4 nitrogen and oxygen atoms in total. The van der Waals surface area contributed by atoms with Crippen LogP contribution in [0.5, 0.6) is 0 Å². The minimum Gasteiger partial charge on any atom is -0.394 e. The lowest BCUT2D eigenvalue weighted by Crippen LogP contribution is -2.46. The maximum atomic E-state index is 10.8. The summed E-state index contributed by atoms with van der Waals surface area (Å²) in [5, 5.41) is 8.19. The van der Waals surface area contributed by atoms with Gasteiger partial charge in [-0.1, -0.05) is 0 Å². The van der Waals surface area contributed by atoms with Crippen LogP contribution in [-0.4, -0.2) is 30.9 Å². The van der Waals surface area contributed by atoms with Crippen LogP contribution in [0, 0.1) is 0 Å². The van der Waals surface area contributed by atoms with E-state index in [-0.39, 0.29) is 6.61 Å². The average molecular weight is 202 g/mol. The first-order valence-corrected chi connectivity index (χ1v) is 5.20. The number of hydrogen-bond donors (Lipinski definition) is 2. The Kier molecular flexibility index (Phi) is 3.76. The topological polar surface area (TPSA) is 66.4 Å². The van der Waals surface area contributed by atoms with E-state index in [1.165, 1.54) is 0 Å². The minimum absolute atomic E-state index is 0.261. The predicted molar refractivity (Wildman–Crippen MR) is 43.9 cm³/mol. The van der Waals surface area contributed by atoms with E-state index in [0.29, 0.717) is 0 Å². The van der Waals surface area contributed by atoms with Crippen molar-refractivity contribution in [1.82, 2.24) is 4.72 Å². The van der Waals surface area contributed by atoms with E-state index in [2.05, 4.69) is 4.72 Å². The SMILES string of the molecule is CC(C)(CO)NS(=O)(=O)CCl. The molecule has 0 aliphatic carbocycles. The third-order valence-corrected chi connectivity index (χ3v) is 2.98. The molecule has 0 rings (SSSR count). The van der Waals surface area contributed by atoms with Crippen molar-refractivity contribution in [1.29, 1.82) is 0 Å². The second-order valence-electron chi connectivity index (χ2n) is 2.87. The van der Waals surface area contributed by atoms with Gasteiger partial charge in [0.25, 0.3) is 0 Å². The molecule has 0 aromatic rings. The van der Waals surface area contributed by atoms with Crippen molar-refractivity contribution in [3.05, 3.63) is 0 Å². The molecule has 0 amide bonds. The molecule has 0 unspecified atom stereocenters. The van der Waals surface area contributed by atoms with Crippen LogP contribution in [0.2, 0.25) is 0 Å². The zero-order valence-corrected chi connectivity index (χ0v) is 8.04. The van der Waals surface area contributed by atoms with Crippen LogP contribution in [-0.2, 0) is 10.0 Å². The van der Waals surface area contributed by atoms with E-state index in [1.54, 1.807) is 13.8 Å². The van der Waals surface area contributed by atoms with Gasteiger partial charge in [0.05, 0.1) is 12.1 Å². The summed E-state index contributed by atoms with van der Waals surface area (Å²) in [6.07, 6.45) is 0. The monoisotopic (exact) mass is 201 g/mol. The van der Waals surface area contributed by atoms with E-state index in [9.17, 15) is 8.42 Å². The van der Waals surface area contributed by atoms with Gasteiger partial charge in [-0.15, -0.1) is 11.6 Å². The molecule has 0 fully saturated rings. The van der Waals surface area contributed by atoms with Gasteiger partial charge in [-0.3, -0.25) is 0 Å². The molecule has 0 aromatic heterocycles. The molecule has 0 aromatic carbocycles. The Morgan fingerprint density at radius 3 is 2.27 bits per heavy atom. The molecule has 11 heavy (non-hydrogen) atoms. The Hall–Kier alpha value is 0.160. The lowest BCUT2D eigenvalue weighted by molar-refractivity contribution is 0.208. The predicted octanol–water partition coefficient (Wildman–Crippen LogP) is -0.127. The van der Waals surface area contributed by atoms with Crippen molar-refractivity contribution in [2.45, 2.75) is 19.4 Å². The van der Waals surface area contributed by atoms with Gasteiger partial charge in [-0.05, 0) is 13.8 Å². The number of aliphatic hydroxyl groups is 1. The maximum absolute atomic E-state index is 10.8. The van der Waals surface area contributed by atoms with Crippen molar-refractivity contribution in [3.8, 4) is 0 Å². The molecule has 0 radical (unpaired) electrons. The zero-order chi connectivity index (χ0) is 9.12. The Morgan fingerprint density at radius 1 is 1.55 bits per heavy atom. The molecule has 0 aliphatic rings. The highest BCUT2D eigenvalue weighted by atomic mass is 35.5. The van der Waals surface area contributed by atoms with Crippen molar-refractivity contribution in [2.24, 2.45) is 0 Å². The normalized spacial score (nSPS) is 13.5. The summed E-state index contributed by atoms with van der Waals surface area (Å²) < 4.78 is 23.9. The molecule has 0 saturated carbocycles. The molecule has 0 bridgehead atoms. The summed E-state index contributed by atoms with van der Waals surface area (Å²) >= 11 is 5.12. The van der Waals surface area contributed by atoms with Crippen LogP contribution in [0.4, 0.5) is 0 Å². The molecular formula is C5H12ClNO3S. The molecule has 0 heterocycles. The number of sulfonamides is 1. The maximum Gasteiger partial charge on any atom is 0.226 e. The van der Waals surface area contributed by atoms with E-state index in [4.69, 9.17) is 16.7 Å². The fraction of sp³-hybridized carbons (Fsp3) is 1.00. The van der Waals surface area contributed by atoms with E-state index in [0.717, 1.165) is 0 Å². The Balaban J connectivity index is 4.26. The Bertz CT molecular complexity index is 212. The Labute approximate surface area is 71.6 Å². The fourth-order valence-electron chi connectivity index (χ4n) is 0.481. The van der Waals surface area contributed by atoms with Gasteiger partial charge >= 0.3 is 0 Å². The number of nitrogens with one attached hydrogen (secondary N) is 1. The van der Waals surface area contributed by atoms with Gasteiger partial charge in [0, 0.05) is 0 Å². The van der Waals surface area contributed by atoms with Gasteiger partial charge in [-0.25, -0.2) is 13.1 Å². The number of halogens is 1. The first-order chi connectivity index (χ1) is 4.83. The first-order valence-electron chi connectivity index (χ1n) is 3.01. The van der Waals surface area contributed by atoms with Crippen LogP contribution < -0.4 is 4.72 Å². The third-order valence-electron chi connectivity index (χ3n) is 0.971. The zero-order valence-electron chi connectivity index (χ0n) is 6.46. The highest BCUT2D eigenvalue weighted by Crippen LogP contribution is 2.03. The molecule has 0 atom stereocenters. The number of rotatable bonds is 4. The molecule has 2 N–H and O–H groups in total. The average Bonchev–Trinajstić information content (AvgIpc) is 1.86. The molecule has 6 heteroatoms. The van der Waals surface area contributed by atoms with Crippen molar-refractivity contribution >= 4 is 21.6 Å². The van der Waals surface area contributed by atoms with Gasteiger partial charge in [-0.2, -0.15) is 0 Å². The van der Waals surface area contributed by atoms with E-state index < -0.39 is 20.8 Å². The van der Waals surface area contributed by atoms with E-state index >= 15 is 0 Å². The number of aliphatic hydroxyl groups excluding tert-OH is 1. The van der Waals surface area contributed by atoms with Gasteiger partial charge in [0.2, 0.25) is 10.0 Å². The van der Waals surface area contributed by atoms with Gasteiger partial charge in [0.1, 0.15) is 5.21 Å². The van der Waals surface area contributed by atoms with Crippen molar-refractivity contribution in [3.63, 3.8) is 0 Å². The van der Waals surface area contributed by atoms with Crippen LogP contribution in [0.25, 0.3) is 0 Å². The summed E-state index contributed by atoms with van der Waals surface area (Å²) in [5.74, 6) is 0. The quantitative estimate of drug-likeness (QED) is 0.623. The van der Waals surface area contributed by atoms with Crippen molar-refractivity contribution in [2.75, 3.05) is 11.8 Å². The third kappa shape index (κ3) is 4.58. The van der Waals surface area contributed by atoms with Crippen LogP contribution in [0.15, 0.2) is 0 Å². The summed E-state index contributed by atoms with van der Waals surface area (Å²) in [5.41, 5.74) is -0.840. The van der Waals surface area contributed by atoms with Crippen LogP contribution >= 0.6 is 11.6 Å². The summed E-state index contributed by atoms with van der Waals surface area (Å²) in [7, 11) is -3.43. The second kappa shape index (κ2) is 3.71. The standard InChI is InChI=1S/C5H12ClNO3S/c1-5(2,3-8)7-11(9,10)4-6/h7-8H,3-4H2,1-2H3.